The van der Waals surface area contributed by atoms with E-state index in [0.717, 1.165) is 12.3 Å². The summed E-state index contributed by atoms with van der Waals surface area (Å²) >= 11 is 0. The molecule has 0 bridgehead atoms. The molecule has 0 fully saturated rings. The van der Waals surface area contributed by atoms with Crippen molar-refractivity contribution in [1.29, 1.82) is 0 Å². The van der Waals surface area contributed by atoms with Crippen LogP contribution in [0.1, 0.15) is 20.9 Å². The molecule has 0 unspecified atom stereocenters. The van der Waals surface area contributed by atoms with Crippen LogP contribution >= 0.6 is 0 Å². The Morgan fingerprint density at radius 1 is 1.15 bits per heavy atom. The number of hydrogen-bond donors (Lipinski definition) is 0. The summed E-state index contributed by atoms with van der Waals surface area (Å²) in [6.07, 6.45) is 0.941. The van der Waals surface area contributed by atoms with Gasteiger partial charge in [0.25, 0.3) is 0 Å². The average Bonchev–Trinajstić information content (AvgIpc) is 2.32. The summed E-state index contributed by atoms with van der Waals surface area (Å²) in [6, 6.07) is 0.987. The Bertz CT molecular complexity index is 277. The Morgan fingerprint density at radius 2 is 1.69 bits per heavy atom. The molecule has 1 aromatic rings. The van der Waals surface area contributed by atoms with Crippen molar-refractivity contribution < 1.29 is 162 Å². The molecular formula is C6H2Cs2O5. The number of furan rings is 1. The van der Waals surface area contributed by atoms with Crippen LogP contribution in [0.4, 0.5) is 0 Å². The van der Waals surface area contributed by atoms with E-state index in [4.69, 9.17) is 0 Å². The zero-order valence-electron chi connectivity index (χ0n) is 7.20. The summed E-state index contributed by atoms with van der Waals surface area (Å²) in [4.78, 5) is 20.2. The number of rotatable bonds is 2. The molecule has 0 aliphatic rings. The smallest absolute Gasteiger partial charge is 0.545 e. The van der Waals surface area contributed by atoms with Gasteiger partial charge < -0.3 is 24.2 Å². The van der Waals surface area contributed by atoms with Gasteiger partial charge in [-0.25, -0.2) is 0 Å². The molecule has 58 valence electrons. The molecule has 5 nitrogen and oxygen atoms in total. The van der Waals surface area contributed by atoms with Crippen molar-refractivity contribution in [3.8, 4) is 0 Å². The van der Waals surface area contributed by atoms with Gasteiger partial charge in [-0.15, -0.1) is 0 Å². The molecule has 1 heterocycles. The Labute approximate surface area is 191 Å². The van der Waals surface area contributed by atoms with E-state index in [1.54, 1.807) is 0 Å². The molecule has 1 aromatic heterocycles. The molecular weight excluding hydrogens is 418 g/mol. The van der Waals surface area contributed by atoms with Crippen molar-refractivity contribution in [1.82, 2.24) is 0 Å². The van der Waals surface area contributed by atoms with Crippen molar-refractivity contribution in [2.45, 2.75) is 0 Å². The van der Waals surface area contributed by atoms with E-state index in [1.165, 1.54) is 0 Å². The third kappa shape index (κ3) is 5.27. The van der Waals surface area contributed by atoms with Gasteiger partial charge in [0.2, 0.25) is 0 Å². The van der Waals surface area contributed by atoms with Crippen molar-refractivity contribution >= 4 is 11.9 Å². The minimum absolute atomic E-state index is 0. The molecule has 0 radical (unpaired) electrons. The summed E-state index contributed by atoms with van der Waals surface area (Å²) in [7, 11) is 0. The summed E-state index contributed by atoms with van der Waals surface area (Å²) in [5.41, 5.74) is -0.509. The van der Waals surface area contributed by atoms with Gasteiger partial charge in [-0.3, -0.25) is 0 Å². The van der Waals surface area contributed by atoms with Crippen molar-refractivity contribution in [3.05, 3.63) is 23.7 Å². The number of carboxylic acid groups (broad SMARTS) is 2. The first-order valence-electron chi connectivity index (χ1n) is 2.63. The molecule has 1 rings (SSSR count). The maximum absolute atomic E-state index is 10.1. The molecule has 0 N–H and O–H groups in total. The third-order valence-corrected chi connectivity index (χ3v) is 1.07. The summed E-state index contributed by atoms with van der Waals surface area (Å²) in [5.74, 6) is -3.99. The normalized spacial score (nSPS) is 8.00. The fourth-order valence-electron chi connectivity index (χ4n) is 0.628. The molecule has 0 amide bonds. The van der Waals surface area contributed by atoms with Crippen LogP contribution in [0.25, 0.3) is 0 Å². The Kier molecular flexibility index (Phi) is 11.5. The second kappa shape index (κ2) is 8.47. The Morgan fingerprint density at radius 3 is 2.00 bits per heavy atom. The molecule has 0 aliphatic heterocycles. The van der Waals surface area contributed by atoms with E-state index in [1.807, 2.05) is 0 Å². The van der Waals surface area contributed by atoms with Crippen LogP contribution in [-0.2, 0) is 0 Å². The number of carbonyl (C=O) groups excluding carboxylic acids is 2. The van der Waals surface area contributed by atoms with E-state index in [-0.39, 0.29) is 138 Å². The zero-order valence-corrected chi connectivity index (χ0v) is 19.8. The number of aromatic carboxylic acids is 2. The Hall–Kier alpha value is 2.32. The fourth-order valence-corrected chi connectivity index (χ4v) is 0.628. The predicted octanol–water partition coefficient (Wildman–Crippen LogP) is -7.99. The summed E-state index contributed by atoms with van der Waals surface area (Å²) in [6.45, 7) is 0. The second-order valence-electron chi connectivity index (χ2n) is 1.74. The van der Waals surface area contributed by atoms with Crippen molar-refractivity contribution in [2.75, 3.05) is 0 Å². The standard InChI is InChI=1S/C6H4O5.2Cs/c7-5(8)3-1-2-11-4(3)6(9)10;;/h1-2H,(H,7,8)(H,9,10);;/q;2*+1/p-2. The minimum atomic E-state index is -1.67. The maximum Gasteiger partial charge on any atom is 1.00 e. The van der Waals surface area contributed by atoms with Gasteiger partial charge in [0.1, 0.15) is 5.97 Å². The van der Waals surface area contributed by atoms with E-state index in [2.05, 4.69) is 4.42 Å². The molecule has 0 aromatic carbocycles. The SMILES string of the molecule is O=C([O-])c1ccoc1C(=O)[O-].[Cs+].[Cs+]. The molecule has 0 saturated heterocycles. The third-order valence-electron chi connectivity index (χ3n) is 1.07. The minimum Gasteiger partial charge on any atom is -0.545 e. The average molecular weight is 420 g/mol. The van der Waals surface area contributed by atoms with Gasteiger partial charge in [-0.2, -0.15) is 0 Å². The molecule has 13 heavy (non-hydrogen) atoms. The first-order valence-corrected chi connectivity index (χ1v) is 2.63. The first kappa shape index (κ1) is 17.7. The van der Waals surface area contributed by atoms with Crippen LogP contribution in [0.15, 0.2) is 16.7 Å². The molecule has 7 heteroatoms. The number of carboxylic acids is 2. The van der Waals surface area contributed by atoms with Crippen molar-refractivity contribution in [3.63, 3.8) is 0 Å². The van der Waals surface area contributed by atoms with Gasteiger partial charge in [0.15, 0.2) is 5.76 Å². The zero-order chi connectivity index (χ0) is 8.43. The van der Waals surface area contributed by atoms with Crippen LogP contribution < -0.4 is 148 Å². The first-order chi connectivity index (χ1) is 5.13. The summed E-state index contributed by atoms with van der Waals surface area (Å²) < 4.78 is 4.30. The quantitative estimate of drug-likeness (QED) is 0.474. The van der Waals surface area contributed by atoms with E-state index >= 15 is 0 Å². The topological polar surface area (TPSA) is 93.4 Å². The molecule has 0 spiro atoms. The maximum atomic E-state index is 10.1. The predicted molar refractivity (Wildman–Crippen MR) is 27.4 cm³/mol. The van der Waals surface area contributed by atoms with E-state index in [0.29, 0.717) is 0 Å². The van der Waals surface area contributed by atoms with Crippen LogP contribution in [-0.4, -0.2) is 11.9 Å². The van der Waals surface area contributed by atoms with Crippen LogP contribution in [0.5, 0.6) is 0 Å². The van der Waals surface area contributed by atoms with Crippen LogP contribution in [0, 0.1) is 0 Å². The van der Waals surface area contributed by atoms with Gasteiger partial charge in [0, 0.05) is 5.56 Å². The molecule has 0 saturated carbocycles. The number of carbonyl (C=O) groups is 2. The van der Waals surface area contributed by atoms with Crippen molar-refractivity contribution in [2.24, 2.45) is 0 Å². The largest absolute Gasteiger partial charge is 1.00 e. The van der Waals surface area contributed by atoms with Gasteiger partial charge in [-0.1, -0.05) is 0 Å². The Balaban J connectivity index is 0. The van der Waals surface area contributed by atoms with Crippen LogP contribution in [0.3, 0.4) is 0 Å². The number of hydrogen-bond acceptors (Lipinski definition) is 5. The fraction of sp³-hybridized carbons (Fsp3) is 0. The molecule has 0 aliphatic carbocycles. The van der Waals surface area contributed by atoms with Gasteiger partial charge >= 0.3 is 138 Å². The summed E-state index contributed by atoms with van der Waals surface area (Å²) in [5, 5.41) is 20.2. The van der Waals surface area contributed by atoms with E-state index < -0.39 is 23.3 Å². The van der Waals surface area contributed by atoms with Crippen LogP contribution in [0.2, 0.25) is 0 Å². The monoisotopic (exact) mass is 420 g/mol. The van der Waals surface area contributed by atoms with Gasteiger partial charge in [0.05, 0.1) is 12.2 Å². The van der Waals surface area contributed by atoms with E-state index in [9.17, 15) is 19.8 Å². The molecule has 0 atom stereocenters. The van der Waals surface area contributed by atoms with Gasteiger partial charge in [-0.05, 0) is 6.07 Å². The second-order valence-corrected chi connectivity index (χ2v) is 1.74.